The highest BCUT2D eigenvalue weighted by molar-refractivity contribution is 4.89. The molecule has 0 saturated carbocycles. The van der Waals surface area contributed by atoms with Gasteiger partial charge in [0.25, 0.3) is 0 Å². The largest absolute Gasteiger partial charge is 0.388 e. The minimum Gasteiger partial charge on any atom is -0.388 e. The molecule has 0 amide bonds. The predicted molar refractivity (Wildman–Crippen MR) is 42.7 cm³/mol. The van der Waals surface area contributed by atoms with E-state index in [0.717, 1.165) is 0 Å². The molecular weight excluding hydrogens is 178 g/mol. The molecule has 1 heterocycles. The monoisotopic (exact) mass is 193 g/mol. The smallest absolute Gasteiger partial charge is 0.186 e. The van der Waals surface area contributed by atoms with E-state index in [4.69, 9.17) is 15.2 Å². The average molecular weight is 193 g/mol. The fraction of sp³-hybridized carbons (Fsp3) is 1.00. The van der Waals surface area contributed by atoms with Crippen molar-refractivity contribution >= 4 is 0 Å². The maximum absolute atomic E-state index is 9.35. The van der Waals surface area contributed by atoms with Crippen molar-refractivity contribution in [1.29, 1.82) is 0 Å². The molecule has 6 nitrogen and oxygen atoms in total. The van der Waals surface area contributed by atoms with Crippen molar-refractivity contribution in [2.24, 2.45) is 5.73 Å². The molecule has 0 aliphatic carbocycles. The number of methoxy groups -OCH3 is 1. The molecule has 1 aliphatic heterocycles. The first-order valence-corrected chi connectivity index (χ1v) is 4.04. The van der Waals surface area contributed by atoms with E-state index in [1.165, 1.54) is 7.11 Å². The molecule has 1 aliphatic rings. The minimum absolute atomic E-state index is 0.0603. The van der Waals surface area contributed by atoms with Crippen molar-refractivity contribution in [3.8, 4) is 0 Å². The molecule has 0 aromatic carbocycles. The summed E-state index contributed by atoms with van der Waals surface area (Å²) in [6.07, 6.45) is -5.35. The Labute approximate surface area is 75.9 Å². The number of nitrogens with two attached hydrogens (primary N) is 1. The molecule has 13 heavy (non-hydrogen) atoms. The van der Waals surface area contributed by atoms with Gasteiger partial charge in [0, 0.05) is 13.7 Å². The van der Waals surface area contributed by atoms with Gasteiger partial charge in [-0.25, -0.2) is 0 Å². The van der Waals surface area contributed by atoms with Crippen LogP contribution in [0.15, 0.2) is 0 Å². The zero-order valence-corrected chi connectivity index (χ0v) is 7.33. The maximum atomic E-state index is 9.35. The molecule has 5 atom stereocenters. The number of aliphatic hydroxyl groups is 3. The van der Waals surface area contributed by atoms with Crippen molar-refractivity contribution in [2.45, 2.75) is 30.7 Å². The molecule has 0 aromatic heterocycles. The van der Waals surface area contributed by atoms with Crippen molar-refractivity contribution in [1.82, 2.24) is 0 Å². The third-order valence-electron chi connectivity index (χ3n) is 2.13. The van der Waals surface area contributed by atoms with Gasteiger partial charge in [0.2, 0.25) is 0 Å². The van der Waals surface area contributed by atoms with Crippen LogP contribution in [0.2, 0.25) is 0 Å². The fourth-order valence-electron chi connectivity index (χ4n) is 1.31. The van der Waals surface area contributed by atoms with Crippen LogP contribution in [0, 0.1) is 0 Å². The van der Waals surface area contributed by atoms with Gasteiger partial charge in [0.1, 0.15) is 24.4 Å². The van der Waals surface area contributed by atoms with Crippen LogP contribution in [-0.4, -0.2) is 59.7 Å². The lowest BCUT2D eigenvalue weighted by molar-refractivity contribution is -0.287. The van der Waals surface area contributed by atoms with E-state index in [9.17, 15) is 15.3 Å². The van der Waals surface area contributed by atoms with E-state index in [1.54, 1.807) is 0 Å². The molecule has 5 N–H and O–H groups in total. The Morgan fingerprint density at radius 3 is 2.31 bits per heavy atom. The summed E-state index contributed by atoms with van der Waals surface area (Å²) >= 11 is 0. The molecule has 0 radical (unpaired) electrons. The lowest BCUT2D eigenvalue weighted by atomic mass is 9.99. The summed E-state index contributed by atoms with van der Waals surface area (Å²) < 4.78 is 9.83. The quantitative estimate of drug-likeness (QED) is 0.383. The maximum Gasteiger partial charge on any atom is 0.186 e. The molecule has 1 saturated heterocycles. The second kappa shape index (κ2) is 4.32. The molecule has 0 aromatic rings. The Kier molecular flexibility index (Phi) is 3.60. The highest BCUT2D eigenvalue weighted by Crippen LogP contribution is 2.20. The van der Waals surface area contributed by atoms with Gasteiger partial charge in [0.05, 0.1) is 0 Å². The molecule has 78 valence electrons. The van der Waals surface area contributed by atoms with Crippen LogP contribution in [0.3, 0.4) is 0 Å². The first-order chi connectivity index (χ1) is 6.11. The van der Waals surface area contributed by atoms with Crippen molar-refractivity contribution < 1.29 is 24.8 Å². The van der Waals surface area contributed by atoms with Crippen LogP contribution >= 0.6 is 0 Å². The predicted octanol–water partition coefficient (Wildman–Crippen LogP) is -2.60. The fourth-order valence-corrected chi connectivity index (χ4v) is 1.31. The van der Waals surface area contributed by atoms with E-state index < -0.39 is 30.7 Å². The molecule has 1 fully saturated rings. The normalized spacial score (nSPS) is 46.4. The lowest BCUT2D eigenvalue weighted by Gasteiger charge is -2.39. The van der Waals surface area contributed by atoms with Gasteiger partial charge in [-0.15, -0.1) is 0 Å². The Bertz CT molecular complexity index is 147. The summed E-state index contributed by atoms with van der Waals surface area (Å²) in [6, 6.07) is 0. The van der Waals surface area contributed by atoms with Crippen LogP contribution in [0.5, 0.6) is 0 Å². The van der Waals surface area contributed by atoms with Gasteiger partial charge in [-0.05, 0) is 0 Å². The number of rotatable bonds is 2. The third-order valence-corrected chi connectivity index (χ3v) is 2.13. The number of aliphatic hydroxyl groups excluding tert-OH is 3. The van der Waals surface area contributed by atoms with Crippen LogP contribution in [0.1, 0.15) is 0 Å². The summed E-state index contributed by atoms with van der Waals surface area (Å²) in [5.74, 6) is 0. The lowest BCUT2D eigenvalue weighted by Crippen LogP contribution is -2.59. The topological polar surface area (TPSA) is 105 Å². The molecule has 6 heteroatoms. The molecule has 1 unspecified atom stereocenters. The second-order valence-corrected chi connectivity index (χ2v) is 2.99. The summed E-state index contributed by atoms with van der Waals surface area (Å²) in [7, 11) is 1.34. The Morgan fingerprint density at radius 2 is 1.85 bits per heavy atom. The van der Waals surface area contributed by atoms with E-state index in [1.807, 2.05) is 0 Å². The molecule has 1 rings (SSSR count). The minimum atomic E-state index is -1.28. The third kappa shape index (κ3) is 1.98. The number of hydrogen-bond acceptors (Lipinski definition) is 6. The Hall–Kier alpha value is -0.240. The van der Waals surface area contributed by atoms with Gasteiger partial charge in [-0.3, -0.25) is 0 Å². The zero-order valence-electron chi connectivity index (χ0n) is 7.33. The highest BCUT2D eigenvalue weighted by atomic mass is 16.7. The standard InChI is InChI=1S/C7H15NO5/c1-12-7-6(11)5(10)4(9)3(2-8)13-7/h3-7,9-11H,2,8H2,1H3/t3-,4?,5+,6+,7-/m1/s1. The van der Waals surface area contributed by atoms with Gasteiger partial charge in [-0.1, -0.05) is 0 Å². The van der Waals surface area contributed by atoms with E-state index in [0.29, 0.717) is 0 Å². The summed E-state index contributed by atoms with van der Waals surface area (Å²) in [5, 5.41) is 28.0. The summed E-state index contributed by atoms with van der Waals surface area (Å²) in [5.41, 5.74) is 5.28. The van der Waals surface area contributed by atoms with Crippen LogP contribution < -0.4 is 5.73 Å². The average Bonchev–Trinajstić information content (AvgIpc) is 2.15. The first kappa shape index (κ1) is 10.8. The zero-order chi connectivity index (χ0) is 10.0. The van der Waals surface area contributed by atoms with Crippen LogP contribution in [0.4, 0.5) is 0 Å². The molecule has 0 bridgehead atoms. The Balaban J connectivity index is 2.66. The van der Waals surface area contributed by atoms with Gasteiger partial charge in [0.15, 0.2) is 6.29 Å². The van der Waals surface area contributed by atoms with Crippen LogP contribution in [-0.2, 0) is 9.47 Å². The van der Waals surface area contributed by atoms with Crippen molar-refractivity contribution in [3.05, 3.63) is 0 Å². The SMILES string of the molecule is CO[C@@H]1O[C@H](CN)C(O)[C@H](O)[C@@H]1O. The Morgan fingerprint density at radius 1 is 1.23 bits per heavy atom. The van der Waals surface area contributed by atoms with E-state index in [-0.39, 0.29) is 6.54 Å². The molecular formula is C7H15NO5. The van der Waals surface area contributed by atoms with Crippen molar-refractivity contribution in [2.75, 3.05) is 13.7 Å². The summed E-state index contributed by atoms with van der Waals surface area (Å²) in [4.78, 5) is 0. The van der Waals surface area contributed by atoms with Gasteiger partial charge in [-0.2, -0.15) is 0 Å². The summed E-state index contributed by atoms with van der Waals surface area (Å²) in [6.45, 7) is 0.0603. The van der Waals surface area contributed by atoms with Crippen LogP contribution in [0.25, 0.3) is 0 Å². The molecule has 0 spiro atoms. The number of hydrogen-bond donors (Lipinski definition) is 4. The first-order valence-electron chi connectivity index (χ1n) is 4.04. The van der Waals surface area contributed by atoms with Gasteiger partial charge >= 0.3 is 0 Å². The second-order valence-electron chi connectivity index (χ2n) is 2.99. The highest BCUT2D eigenvalue weighted by Gasteiger charge is 2.43. The van der Waals surface area contributed by atoms with E-state index in [2.05, 4.69) is 0 Å². The van der Waals surface area contributed by atoms with Gasteiger partial charge < -0.3 is 30.5 Å². The number of ether oxygens (including phenoxy) is 2. The van der Waals surface area contributed by atoms with Crippen molar-refractivity contribution in [3.63, 3.8) is 0 Å². The van der Waals surface area contributed by atoms with E-state index >= 15 is 0 Å².